The Hall–Kier alpha value is -4.03. The van der Waals surface area contributed by atoms with Gasteiger partial charge < -0.3 is 36.9 Å². The van der Waals surface area contributed by atoms with Crippen molar-refractivity contribution in [2.45, 2.75) is 57.3 Å². The number of aromatic amines is 1. The number of aromatic hydroxyl groups is 1. The third-order valence-corrected chi connectivity index (χ3v) is 7.58. The molecule has 3 amide bonds. The first-order valence-electron chi connectivity index (χ1n) is 13.7. The van der Waals surface area contributed by atoms with Gasteiger partial charge in [-0.05, 0) is 60.1 Å². The molecule has 0 aliphatic heterocycles. The van der Waals surface area contributed by atoms with Gasteiger partial charge in [0.05, 0.1) is 6.04 Å². The number of hydrogen-bond donors (Lipinski definition) is 7. The highest BCUT2D eigenvalue weighted by atomic mass is 32.2. The lowest BCUT2D eigenvalue weighted by molar-refractivity contribution is -0.142. The summed E-state index contributed by atoms with van der Waals surface area (Å²) in [5, 5.41) is 28.2. The van der Waals surface area contributed by atoms with E-state index < -0.39 is 47.9 Å². The standard InChI is InChI=1S/C30H39N5O6S/c1-17(2)26(35-27(37)22(31)15-19-16-32-23-7-5-4-6-21(19)23)29(39)34-25(14-18-8-10-20(36)11-9-18)28(38)33-24(30(40)41)12-13-42-3/h4-11,16-17,22,24-26,32,36H,12-15,31H2,1-3H3,(H,33,38)(H,34,39)(H,35,37)(H,40,41). The van der Waals surface area contributed by atoms with E-state index in [-0.39, 0.29) is 30.9 Å². The van der Waals surface area contributed by atoms with E-state index in [1.165, 1.54) is 23.9 Å². The Balaban J connectivity index is 1.74. The van der Waals surface area contributed by atoms with Crippen molar-refractivity contribution in [3.8, 4) is 5.75 Å². The molecule has 3 aromatic rings. The van der Waals surface area contributed by atoms with Gasteiger partial charge in [-0.1, -0.05) is 44.2 Å². The van der Waals surface area contributed by atoms with E-state index in [1.54, 1.807) is 32.2 Å². The maximum absolute atomic E-state index is 13.5. The summed E-state index contributed by atoms with van der Waals surface area (Å²) in [6, 6.07) is 9.58. The van der Waals surface area contributed by atoms with Crippen LogP contribution in [0.1, 0.15) is 31.4 Å². The van der Waals surface area contributed by atoms with E-state index in [9.17, 15) is 29.4 Å². The summed E-state index contributed by atoms with van der Waals surface area (Å²) in [5.74, 6) is -2.76. The number of thioether (sulfide) groups is 1. The first kappa shape index (κ1) is 32.5. The number of benzene rings is 2. The second-order valence-electron chi connectivity index (χ2n) is 10.5. The maximum Gasteiger partial charge on any atom is 0.326 e. The van der Waals surface area contributed by atoms with Crippen LogP contribution in [-0.4, -0.2) is 75.1 Å². The van der Waals surface area contributed by atoms with Gasteiger partial charge in [0, 0.05) is 23.5 Å². The lowest BCUT2D eigenvalue weighted by Gasteiger charge is -2.27. The van der Waals surface area contributed by atoms with Crippen molar-refractivity contribution in [1.82, 2.24) is 20.9 Å². The Morgan fingerprint density at radius 1 is 0.905 bits per heavy atom. The fraction of sp³-hybridized carbons (Fsp3) is 0.400. The minimum absolute atomic E-state index is 0.0333. The van der Waals surface area contributed by atoms with E-state index in [0.29, 0.717) is 11.3 Å². The molecule has 4 atom stereocenters. The van der Waals surface area contributed by atoms with Gasteiger partial charge in [-0.2, -0.15) is 11.8 Å². The minimum Gasteiger partial charge on any atom is -0.508 e. The van der Waals surface area contributed by atoms with Gasteiger partial charge in [-0.3, -0.25) is 14.4 Å². The van der Waals surface area contributed by atoms with Gasteiger partial charge in [0.15, 0.2) is 0 Å². The normalized spacial score (nSPS) is 14.1. The van der Waals surface area contributed by atoms with Crippen LogP contribution < -0.4 is 21.7 Å². The summed E-state index contributed by atoms with van der Waals surface area (Å²) in [4.78, 5) is 54.8. The molecule has 1 heterocycles. The molecular weight excluding hydrogens is 558 g/mol. The number of phenolic OH excluding ortho intramolecular Hbond substituents is 1. The molecule has 12 heteroatoms. The molecule has 11 nitrogen and oxygen atoms in total. The monoisotopic (exact) mass is 597 g/mol. The van der Waals surface area contributed by atoms with E-state index in [4.69, 9.17) is 5.73 Å². The Kier molecular flexibility index (Phi) is 11.8. The Labute approximate surface area is 249 Å². The number of rotatable bonds is 15. The summed E-state index contributed by atoms with van der Waals surface area (Å²) in [6.45, 7) is 3.52. The van der Waals surface area contributed by atoms with Crippen LogP contribution in [0.5, 0.6) is 5.75 Å². The van der Waals surface area contributed by atoms with Crippen LogP contribution in [0.2, 0.25) is 0 Å². The van der Waals surface area contributed by atoms with Gasteiger partial charge in [0.1, 0.15) is 23.9 Å². The molecule has 0 saturated heterocycles. The number of nitrogens with one attached hydrogen (secondary N) is 4. The molecule has 8 N–H and O–H groups in total. The van der Waals surface area contributed by atoms with E-state index in [2.05, 4.69) is 20.9 Å². The van der Waals surface area contributed by atoms with Gasteiger partial charge in [-0.25, -0.2) is 4.79 Å². The van der Waals surface area contributed by atoms with Gasteiger partial charge >= 0.3 is 5.97 Å². The number of phenols is 1. The van der Waals surface area contributed by atoms with Crippen LogP contribution in [0.25, 0.3) is 10.9 Å². The van der Waals surface area contributed by atoms with Crippen molar-refractivity contribution in [2.75, 3.05) is 12.0 Å². The molecule has 0 saturated carbocycles. The molecule has 0 spiro atoms. The zero-order valence-corrected chi connectivity index (χ0v) is 24.7. The minimum atomic E-state index is -1.18. The molecule has 42 heavy (non-hydrogen) atoms. The number of nitrogens with two attached hydrogens (primary N) is 1. The first-order valence-corrected chi connectivity index (χ1v) is 15.1. The molecule has 3 rings (SSSR count). The zero-order chi connectivity index (χ0) is 30.8. The number of amides is 3. The van der Waals surface area contributed by atoms with Crippen molar-refractivity contribution in [3.05, 3.63) is 65.9 Å². The molecule has 4 unspecified atom stereocenters. The number of hydrogen-bond acceptors (Lipinski definition) is 7. The SMILES string of the molecule is CSCCC(NC(=O)C(Cc1ccc(O)cc1)NC(=O)C(NC(=O)C(N)Cc1c[nH]c2ccccc12)C(C)C)C(=O)O. The number of H-pyrrole nitrogens is 1. The number of carboxylic acid groups (broad SMARTS) is 1. The number of aliphatic carboxylic acids is 1. The van der Waals surface area contributed by atoms with Crippen LogP contribution in [0.3, 0.4) is 0 Å². The van der Waals surface area contributed by atoms with Crippen molar-refractivity contribution in [3.63, 3.8) is 0 Å². The van der Waals surface area contributed by atoms with Crippen LogP contribution >= 0.6 is 11.8 Å². The van der Waals surface area contributed by atoms with Crippen molar-refractivity contribution in [1.29, 1.82) is 0 Å². The number of carboxylic acids is 1. The van der Waals surface area contributed by atoms with E-state index in [1.807, 2.05) is 30.5 Å². The predicted molar refractivity (Wildman–Crippen MR) is 163 cm³/mol. The van der Waals surface area contributed by atoms with Crippen LogP contribution in [0.15, 0.2) is 54.7 Å². The van der Waals surface area contributed by atoms with Gasteiger partial charge in [-0.15, -0.1) is 0 Å². The third-order valence-electron chi connectivity index (χ3n) is 6.93. The first-order chi connectivity index (χ1) is 20.0. The highest BCUT2D eigenvalue weighted by Gasteiger charge is 2.32. The van der Waals surface area contributed by atoms with Crippen molar-refractivity contribution < 1.29 is 29.4 Å². The number of carbonyl (C=O) groups is 4. The summed E-state index contributed by atoms with van der Waals surface area (Å²) >= 11 is 1.45. The van der Waals surface area contributed by atoms with Crippen LogP contribution in [0.4, 0.5) is 0 Å². The fourth-order valence-corrected chi connectivity index (χ4v) is 5.00. The predicted octanol–water partition coefficient (Wildman–Crippen LogP) is 1.93. The Morgan fingerprint density at radius 3 is 2.21 bits per heavy atom. The average molecular weight is 598 g/mol. The number of para-hydroxylation sites is 1. The highest BCUT2D eigenvalue weighted by molar-refractivity contribution is 7.98. The average Bonchev–Trinajstić information content (AvgIpc) is 3.36. The second kappa shape index (κ2) is 15.3. The fourth-order valence-electron chi connectivity index (χ4n) is 4.53. The molecule has 0 fully saturated rings. The van der Waals surface area contributed by atoms with Gasteiger partial charge in [0.2, 0.25) is 17.7 Å². The third kappa shape index (κ3) is 8.98. The molecule has 0 aliphatic rings. The van der Waals surface area contributed by atoms with E-state index in [0.717, 1.165) is 16.5 Å². The van der Waals surface area contributed by atoms with Crippen LogP contribution in [-0.2, 0) is 32.0 Å². The summed E-state index contributed by atoms with van der Waals surface area (Å²) in [6.07, 6.45) is 4.13. The lowest BCUT2D eigenvalue weighted by atomic mass is 9.99. The largest absolute Gasteiger partial charge is 0.508 e. The van der Waals surface area contributed by atoms with E-state index >= 15 is 0 Å². The molecule has 1 aromatic heterocycles. The Bertz CT molecular complexity index is 1380. The molecular formula is C30H39N5O6S. The molecule has 2 aromatic carbocycles. The molecule has 0 bridgehead atoms. The smallest absolute Gasteiger partial charge is 0.326 e. The summed E-state index contributed by atoms with van der Waals surface area (Å²) < 4.78 is 0. The molecule has 226 valence electrons. The number of aromatic nitrogens is 1. The maximum atomic E-state index is 13.5. The number of fused-ring (bicyclic) bond motifs is 1. The zero-order valence-electron chi connectivity index (χ0n) is 23.9. The lowest BCUT2D eigenvalue weighted by Crippen LogP contribution is -2.59. The Morgan fingerprint density at radius 2 is 1.57 bits per heavy atom. The van der Waals surface area contributed by atoms with Crippen molar-refractivity contribution >= 4 is 46.4 Å². The van der Waals surface area contributed by atoms with Gasteiger partial charge in [0.25, 0.3) is 0 Å². The summed E-state index contributed by atoms with van der Waals surface area (Å²) in [5.41, 5.74) is 8.67. The molecule has 0 radical (unpaired) electrons. The highest BCUT2D eigenvalue weighted by Crippen LogP contribution is 2.19. The quantitative estimate of drug-likeness (QED) is 0.138. The topological polar surface area (TPSA) is 187 Å². The van der Waals surface area contributed by atoms with Crippen molar-refractivity contribution in [2.24, 2.45) is 11.7 Å². The van der Waals surface area contributed by atoms with Crippen LogP contribution in [0, 0.1) is 5.92 Å². The number of carbonyl (C=O) groups excluding carboxylic acids is 3. The molecule has 0 aliphatic carbocycles. The second-order valence-corrected chi connectivity index (χ2v) is 11.5. The summed E-state index contributed by atoms with van der Waals surface area (Å²) in [7, 11) is 0.